The maximum atomic E-state index is 11.9. The average molecular weight is 334 g/mol. The van der Waals surface area contributed by atoms with Crippen molar-refractivity contribution in [3.8, 4) is 17.2 Å². The van der Waals surface area contributed by atoms with E-state index in [0.717, 1.165) is 6.42 Å². The summed E-state index contributed by atoms with van der Waals surface area (Å²) in [5.41, 5.74) is -0.649. The van der Waals surface area contributed by atoms with E-state index in [1.54, 1.807) is 12.1 Å². The quantitative estimate of drug-likeness (QED) is 0.434. The minimum Gasteiger partial charge on any atom is -0.504 e. The monoisotopic (exact) mass is 334 g/mol. The van der Waals surface area contributed by atoms with Gasteiger partial charge in [0.15, 0.2) is 5.75 Å². The zero-order valence-electron chi connectivity index (χ0n) is 13.2. The third-order valence-electron chi connectivity index (χ3n) is 3.13. The van der Waals surface area contributed by atoms with Gasteiger partial charge in [0.2, 0.25) is 0 Å². The van der Waals surface area contributed by atoms with Crippen LogP contribution in [-0.2, 0) is 4.79 Å². The van der Waals surface area contributed by atoms with E-state index in [0.29, 0.717) is 17.6 Å². The number of hydrogen-bond acceptors (Lipinski definition) is 6. The zero-order chi connectivity index (χ0) is 17.5. The van der Waals surface area contributed by atoms with Gasteiger partial charge in [0.1, 0.15) is 11.3 Å². The summed E-state index contributed by atoms with van der Waals surface area (Å²) in [7, 11) is 0. The van der Waals surface area contributed by atoms with Crippen LogP contribution < -0.4 is 15.1 Å². The molecule has 7 nitrogen and oxygen atoms in total. The predicted octanol–water partition coefficient (Wildman–Crippen LogP) is 3.04. The molecule has 24 heavy (non-hydrogen) atoms. The van der Waals surface area contributed by atoms with Crippen LogP contribution in [0.4, 0.5) is 0 Å². The van der Waals surface area contributed by atoms with Crippen molar-refractivity contribution in [3.63, 3.8) is 0 Å². The number of benzene rings is 1. The fourth-order valence-electron chi connectivity index (χ4n) is 1.97. The Hall–Kier alpha value is -2.96. The molecule has 2 rings (SSSR count). The van der Waals surface area contributed by atoms with E-state index >= 15 is 0 Å². The van der Waals surface area contributed by atoms with Gasteiger partial charge in [-0.05, 0) is 31.1 Å². The molecule has 0 aliphatic heterocycles. The second kappa shape index (κ2) is 8.05. The molecule has 7 heteroatoms. The summed E-state index contributed by atoms with van der Waals surface area (Å²) in [6.07, 6.45) is 4.10. The average Bonchev–Trinajstić information content (AvgIpc) is 2.54. The van der Waals surface area contributed by atoms with Gasteiger partial charge in [-0.1, -0.05) is 6.92 Å². The first-order valence-electron chi connectivity index (χ1n) is 7.49. The molecule has 0 bridgehead atoms. The highest BCUT2D eigenvalue weighted by atomic mass is 16.5. The number of allylic oxidation sites excluding steroid dienone is 1. The minimum atomic E-state index is -0.891. The summed E-state index contributed by atoms with van der Waals surface area (Å²) in [6.45, 7) is 2.12. The maximum absolute atomic E-state index is 11.9. The number of ether oxygens (including phenoxy) is 2. The van der Waals surface area contributed by atoms with E-state index in [1.165, 1.54) is 18.4 Å². The van der Waals surface area contributed by atoms with Gasteiger partial charge >= 0.3 is 11.6 Å². The molecule has 1 aromatic heterocycles. The highest BCUT2D eigenvalue weighted by Crippen LogP contribution is 2.33. The molecule has 0 saturated heterocycles. The molecule has 0 atom stereocenters. The Bertz CT molecular complexity index is 804. The van der Waals surface area contributed by atoms with E-state index in [9.17, 15) is 14.7 Å². The van der Waals surface area contributed by atoms with Crippen LogP contribution in [0, 0.1) is 0 Å². The molecule has 0 aliphatic carbocycles. The van der Waals surface area contributed by atoms with Crippen LogP contribution in [0.5, 0.6) is 17.2 Å². The standard InChI is InChI=1S/C17H18O7/c1-2-3-8-23-16-15(20)12-7-6-11(10-13(12)24-17(16)21)22-9-4-5-14(18)19/h3,6-8,10,20H,2,4-5,9H2,1H3,(H,18,19). The second-order valence-corrected chi connectivity index (χ2v) is 4.97. The Balaban J connectivity index is 2.21. The van der Waals surface area contributed by atoms with Crippen molar-refractivity contribution >= 4 is 16.9 Å². The number of rotatable bonds is 8. The third kappa shape index (κ3) is 4.28. The SMILES string of the molecule is CCC=COc1c(O)c2ccc(OCCCC(=O)O)cc2oc1=O. The van der Waals surface area contributed by atoms with Crippen LogP contribution in [0.3, 0.4) is 0 Å². The summed E-state index contributed by atoms with van der Waals surface area (Å²) in [4.78, 5) is 22.3. The summed E-state index contributed by atoms with van der Waals surface area (Å²) in [5, 5.41) is 19.0. The molecule has 1 aromatic carbocycles. The van der Waals surface area contributed by atoms with Crippen molar-refractivity contribution in [2.24, 2.45) is 0 Å². The lowest BCUT2D eigenvalue weighted by Crippen LogP contribution is -2.04. The molecule has 0 radical (unpaired) electrons. The molecule has 0 spiro atoms. The minimum absolute atomic E-state index is 0.00935. The van der Waals surface area contributed by atoms with E-state index in [2.05, 4.69) is 0 Å². The normalized spacial score (nSPS) is 11.0. The highest BCUT2D eigenvalue weighted by Gasteiger charge is 2.15. The van der Waals surface area contributed by atoms with Gasteiger partial charge < -0.3 is 24.1 Å². The predicted molar refractivity (Wildman–Crippen MR) is 86.6 cm³/mol. The third-order valence-corrected chi connectivity index (χ3v) is 3.13. The first-order valence-corrected chi connectivity index (χ1v) is 7.49. The number of aromatic hydroxyl groups is 1. The van der Waals surface area contributed by atoms with Crippen molar-refractivity contribution in [3.05, 3.63) is 41.0 Å². The zero-order valence-corrected chi connectivity index (χ0v) is 13.2. The van der Waals surface area contributed by atoms with Crippen LogP contribution in [0.2, 0.25) is 0 Å². The molecule has 0 fully saturated rings. The van der Waals surface area contributed by atoms with Crippen molar-refractivity contribution in [2.45, 2.75) is 26.2 Å². The van der Waals surface area contributed by atoms with Gasteiger partial charge in [-0.25, -0.2) is 4.79 Å². The van der Waals surface area contributed by atoms with Crippen LogP contribution in [0.25, 0.3) is 11.0 Å². The maximum Gasteiger partial charge on any atom is 0.383 e. The lowest BCUT2D eigenvalue weighted by molar-refractivity contribution is -0.137. The van der Waals surface area contributed by atoms with E-state index in [-0.39, 0.29) is 30.1 Å². The van der Waals surface area contributed by atoms with Crippen LogP contribution in [-0.4, -0.2) is 22.8 Å². The van der Waals surface area contributed by atoms with Crippen molar-refractivity contribution in [2.75, 3.05) is 6.61 Å². The molecule has 128 valence electrons. The Morgan fingerprint density at radius 3 is 2.88 bits per heavy atom. The fourth-order valence-corrected chi connectivity index (χ4v) is 1.97. The summed E-state index contributed by atoms with van der Waals surface area (Å²) < 4.78 is 15.7. The van der Waals surface area contributed by atoms with Crippen molar-refractivity contribution < 1.29 is 28.9 Å². The number of carboxylic acid groups (broad SMARTS) is 1. The van der Waals surface area contributed by atoms with Crippen molar-refractivity contribution in [1.82, 2.24) is 0 Å². The number of fused-ring (bicyclic) bond motifs is 1. The molecule has 2 N–H and O–H groups in total. The smallest absolute Gasteiger partial charge is 0.383 e. The van der Waals surface area contributed by atoms with E-state index in [1.807, 2.05) is 6.92 Å². The van der Waals surface area contributed by atoms with Gasteiger partial charge in [-0.3, -0.25) is 4.79 Å². The number of aliphatic carboxylic acids is 1. The van der Waals surface area contributed by atoms with Gasteiger partial charge in [0.25, 0.3) is 5.75 Å². The van der Waals surface area contributed by atoms with Gasteiger partial charge in [0, 0.05) is 12.5 Å². The Kier molecular flexibility index (Phi) is 5.83. The van der Waals surface area contributed by atoms with Gasteiger partial charge in [0.05, 0.1) is 18.3 Å². The lowest BCUT2D eigenvalue weighted by atomic mass is 10.2. The topological polar surface area (TPSA) is 106 Å². The first-order chi connectivity index (χ1) is 11.5. The molecule has 2 aromatic rings. The number of carbonyl (C=O) groups is 1. The van der Waals surface area contributed by atoms with Gasteiger partial charge in [-0.2, -0.15) is 0 Å². The summed E-state index contributed by atoms with van der Waals surface area (Å²) >= 11 is 0. The molecule has 0 unspecified atom stereocenters. The number of carboxylic acids is 1. The lowest BCUT2D eigenvalue weighted by Gasteiger charge is -2.08. The highest BCUT2D eigenvalue weighted by molar-refractivity contribution is 5.86. The summed E-state index contributed by atoms with van der Waals surface area (Å²) in [6, 6.07) is 4.59. The van der Waals surface area contributed by atoms with Gasteiger partial charge in [-0.15, -0.1) is 0 Å². The molecule has 1 heterocycles. The molecule has 0 saturated carbocycles. The molecule has 0 amide bonds. The molecule has 0 aliphatic rings. The Morgan fingerprint density at radius 2 is 2.17 bits per heavy atom. The molecular formula is C17H18O7. The van der Waals surface area contributed by atoms with Crippen LogP contribution in [0.15, 0.2) is 39.7 Å². The Labute approximate surface area is 137 Å². The van der Waals surface area contributed by atoms with Crippen LogP contribution >= 0.6 is 0 Å². The van der Waals surface area contributed by atoms with Crippen LogP contribution in [0.1, 0.15) is 26.2 Å². The fraction of sp³-hybridized carbons (Fsp3) is 0.294. The van der Waals surface area contributed by atoms with Crippen molar-refractivity contribution in [1.29, 1.82) is 0 Å². The second-order valence-electron chi connectivity index (χ2n) is 4.97. The first kappa shape index (κ1) is 17.4. The van der Waals surface area contributed by atoms with E-state index in [4.69, 9.17) is 19.0 Å². The Morgan fingerprint density at radius 1 is 1.38 bits per heavy atom. The largest absolute Gasteiger partial charge is 0.504 e. The van der Waals surface area contributed by atoms with E-state index < -0.39 is 11.6 Å². The molecular weight excluding hydrogens is 316 g/mol. The summed E-state index contributed by atoms with van der Waals surface area (Å²) in [5.74, 6) is -1.06. The number of hydrogen-bond donors (Lipinski definition) is 2.